The molecule has 7 rings (SSSR count). The predicted molar refractivity (Wildman–Crippen MR) is 159 cm³/mol. The number of hydrogen-bond acceptors (Lipinski definition) is 5. The van der Waals surface area contributed by atoms with Gasteiger partial charge in [-0.2, -0.15) is 13.2 Å². The van der Waals surface area contributed by atoms with Crippen LogP contribution in [-0.2, 0) is 15.7 Å². The van der Waals surface area contributed by atoms with Crippen LogP contribution in [0.2, 0.25) is 0 Å². The molecule has 0 aromatic heterocycles. The van der Waals surface area contributed by atoms with E-state index in [1.165, 1.54) is 13.2 Å². The SMILES string of the molecule is COc1ccc(C(=O)N2CC3CCC(C2)O3)cc1C(=O)N[C@H]1[C@@H](C(=O)Nc2ccc(F)c(C(F)(F)F)c2)[C@H]2CC[C@@H]1/C2=C\C1CC1. The maximum absolute atomic E-state index is 13.9. The summed E-state index contributed by atoms with van der Waals surface area (Å²) in [6, 6.07) is 6.43. The van der Waals surface area contributed by atoms with E-state index in [0.29, 0.717) is 43.1 Å². The molecule has 5 aliphatic rings. The average Bonchev–Trinajstić information content (AvgIpc) is 3.59. The number of allylic oxidation sites excluding steroid dienone is 1. The fourth-order valence-electron chi connectivity index (χ4n) is 7.82. The molecule has 8 nitrogen and oxygen atoms in total. The Bertz CT molecular complexity index is 1590. The first-order valence-corrected chi connectivity index (χ1v) is 15.8. The number of morpholine rings is 1. The van der Waals surface area contributed by atoms with Gasteiger partial charge in [0.15, 0.2) is 0 Å². The number of benzene rings is 2. The van der Waals surface area contributed by atoms with Gasteiger partial charge >= 0.3 is 6.18 Å². The second-order valence-corrected chi connectivity index (χ2v) is 13.1. The summed E-state index contributed by atoms with van der Waals surface area (Å²) in [6.45, 7) is 0.971. The minimum Gasteiger partial charge on any atom is -0.496 e. The predicted octanol–water partition coefficient (Wildman–Crippen LogP) is 5.59. The van der Waals surface area contributed by atoms with E-state index in [1.807, 2.05) is 0 Å². The molecule has 2 heterocycles. The van der Waals surface area contributed by atoms with Crippen LogP contribution in [0.5, 0.6) is 5.75 Å². The maximum atomic E-state index is 13.9. The van der Waals surface area contributed by atoms with Crippen LogP contribution in [0.4, 0.5) is 23.2 Å². The van der Waals surface area contributed by atoms with Crippen molar-refractivity contribution in [1.82, 2.24) is 10.2 Å². The lowest BCUT2D eigenvalue weighted by Crippen LogP contribution is -2.48. The fraction of sp³-hybridized carbons (Fsp3) is 0.500. The molecule has 3 aliphatic carbocycles. The van der Waals surface area contributed by atoms with E-state index in [1.54, 1.807) is 17.0 Å². The van der Waals surface area contributed by atoms with Crippen molar-refractivity contribution >= 4 is 23.4 Å². The Hall–Kier alpha value is -3.93. The number of alkyl halides is 3. The fourth-order valence-corrected chi connectivity index (χ4v) is 7.82. The van der Waals surface area contributed by atoms with Crippen molar-refractivity contribution in [2.24, 2.45) is 23.7 Å². The molecule has 46 heavy (non-hydrogen) atoms. The van der Waals surface area contributed by atoms with Crippen LogP contribution in [0.1, 0.15) is 64.8 Å². The van der Waals surface area contributed by atoms with Crippen LogP contribution < -0.4 is 15.4 Å². The van der Waals surface area contributed by atoms with Gasteiger partial charge in [0.25, 0.3) is 11.8 Å². The van der Waals surface area contributed by atoms with E-state index in [-0.39, 0.29) is 47.0 Å². The Morgan fingerprint density at radius 2 is 1.67 bits per heavy atom. The molecular weight excluding hydrogens is 606 g/mol. The molecule has 6 atom stereocenters. The molecule has 12 heteroatoms. The number of anilines is 1. The summed E-state index contributed by atoms with van der Waals surface area (Å²) in [7, 11) is 1.43. The van der Waals surface area contributed by atoms with Crippen molar-refractivity contribution in [2.45, 2.75) is 63.0 Å². The molecule has 2 aromatic rings. The Morgan fingerprint density at radius 3 is 2.35 bits per heavy atom. The van der Waals surface area contributed by atoms with Gasteiger partial charge in [-0.3, -0.25) is 14.4 Å². The number of halogens is 4. The standard InChI is InChI=1S/C34H35F4N3O5/c1-45-28-11-4-18(33(44)41-15-20-6-7-21(16-41)46-20)13-25(28)31(42)40-30-23-9-8-22(24(23)12-17-2-3-17)29(30)32(43)39-19-5-10-27(35)26(14-19)34(36,37)38/h4-5,10-14,17,20-23,29-30H,2-3,6-9,15-16H2,1H3,(H,39,43)(H,40,42)/b24-12-/t20?,21?,22-,23+,29-,30+/m0/s1. The van der Waals surface area contributed by atoms with E-state index >= 15 is 0 Å². The zero-order valence-electron chi connectivity index (χ0n) is 25.2. The highest BCUT2D eigenvalue weighted by atomic mass is 19.4. The number of rotatable bonds is 7. The lowest BCUT2D eigenvalue weighted by molar-refractivity contribution is -0.140. The Balaban J connectivity index is 1.15. The summed E-state index contributed by atoms with van der Waals surface area (Å²) in [6.07, 6.45) is 2.67. The first kappa shape index (κ1) is 30.7. The summed E-state index contributed by atoms with van der Waals surface area (Å²) in [4.78, 5) is 42.9. The quantitative estimate of drug-likeness (QED) is 0.304. The molecule has 2 aliphatic heterocycles. The van der Waals surface area contributed by atoms with Crippen LogP contribution >= 0.6 is 0 Å². The molecular formula is C34H35F4N3O5. The van der Waals surface area contributed by atoms with Gasteiger partial charge in [0.1, 0.15) is 11.6 Å². The number of methoxy groups -OCH3 is 1. The monoisotopic (exact) mass is 641 g/mol. The van der Waals surface area contributed by atoms with E-state index < -0.39 is 41.3 Å². The molecule has 2 aromatic carbocycles. The molecule has 4 bridgehead atoms. The summed E-state index contributed by atoms with van der Waals surface area (Å²) in [5, 5.41) is 5.62. The number of nitrogens with one attached hydrogen (secondary N) is 2. The number of ether oxygens (including phenoxy) is 2. The van der Waals surface area contributed by atoms with Gasteiger partial charge in [-0.15, -0.1) is 0 Å². The molecule has 2 N–H and O–H groups in total. The molecule has 0 spiro atoms. The topological polar surface area (TPSA) is 97.0 Å². The van der Waals surface area contributed by atoms with Crippen molar-refractivity contribution in [3.8, 4) is 5.75 Å². The highest BCUT2D eigenvalue weighted by Crippen LogP contribution is 2.54. The smallest absolute Gasteiger partial charge is 0.419 e. The zero-order valence-corrected chi connectivity index (χ0v) is 25.2. The Labute approximate surface area is 263 Å². The molecule has 2 unspecified atom stereocenters. The Morgan fingerprint density at radius 1 is 0.957 bits per heavy atom. The first-order valence-electron chi connectivity index (χ1n) is 15.8. The average molecular weight is 642 g/mol. The zero-order chi connectivity index (χ0) is 32.3. The number of hydrogen-bond donors (Lipinski definition) is 2. The molecule has 2 saturated heterocycles. The van der Waals surface area contributed by atoms with Crippen LogP contribution in [-0.4, -0.2) is 61.1 Å². The summed E-state index contributed by atoms with van der Waals surface area (Å²) in [5.41, 5.74) is -0.0681. The molecule has 244 valence electrons. The van der Waals surface area contributed by atoms with E-state index in [9.17, 15) is 31.9 Å². The summed E-state index contributed by atoms with van der Waals surface area (Å²) >= 11 is 0. The number of carbonyl (C=O) groups is 3. The minimum absolute atomic E-state index is 0.0115. The number of carbonyl (C=O) groups excluding carboxylic acids is 3. The van der Waals surface area contributed by atoms with Gasteiger partial charge in [0.05, 0.1) is 36.4 Å². The highest BCUT2D eigenvalue weighted by molar-refractivity contribution is 6.02. The third-order valence-electron chi connectivity index (χ3n) is 10.1. The van der Waals surface area contributed by atoms with E-state index in [0.717, 1.165) is 43.7 Å². The van der Waals surface area contributed by atoms with Gasteiger partial charge < -0.3 is 25.0 Å². The largest absolute Gasteiger partial charge is 0.496 e. The first-order chi connectivity index (χ1) is 22.0. The van der Waals surface area contributed by atoms with Crippen LogP contribution in [0.3, 0.4) is 0 Å². The van der Waals surface area contributed by atoms with Gasteiger partial charge in [-0.05, 0) is 86.8 Å². The molecule has 0 radical (unpaired) electrons. The third-order valence-corrected chi connectivity index (χ3v) is 10.1. The van der Waals surface area contributed by atoms with Crippen LogP contribution in [0.25, 0.3) is 0 Å². The van der Waals surface area contributed by atoms with E-state index in [2.05, 4.69) is 16.7 Å². The number of amides is 3. The van der Waals surface area contributed by atoms with Crippen molar-refractivity contribution in [2.75, 3.05) is 25.5 Å². The van der Waals surface area contributed by atoms with Crippen LogP contribution in [0, 0.1) is 29.5 Å². The number of nitrogens with zero attached hydrogens (tertiary/aromatic N) is 1. The highest BCUT2D eigenvalue weighted by Gasteiger charge is 2.55. The summed E-state index contributed by atoms with van der Waals surface area (Å²) in [5.74, 6) is -3.09. The van der Waals surface area contributed by atoms with Gasteiger partial charge in [-0.25, -0.2) is 4.39 Å². The normalized spacial score (nSPS) is 29.2. The van der Waals surface area contributed by atoms with Gasteiger partial charge in [0.2, 0.25) is 5.91 Å². The van der Waals surface area contributed by atoms with Crippen molar-refractivity contribution in [1.29, 1.82) is 0 Å². The lowest BCUT2D eigenvalue weighted by atomic mass is 9.83. The molecule has 5 fully saturated rings. The second kappa shape index (κ2) is 11.7. The maximum Gasteiger partial charge on any atom is 0.419 e. The number of likely N-dealkylation sites (tertiary alicyclic amines) is 1. The summed E-state index contributed by atoms with van der Waals surface area (Å²) < 4.78 is 65.4. The minimum atomic E-state index is -4.93. The van der Waals surface area contributed by atoms with Gasteiger partial charge in [-0.1, -0.05) is 11.6 Å². The molecule has 3 saturated carbocycles. The lowest BCUT2D eigenvalue weighted by Gasteiger charge is -2.32. The van der Waals surface area contributed by atoms with E-state index in [4.69, 9.17) is 9.47 Å². The van der Waals surface area contributed by atoms with Crippen molar-refractivity contribution in [3.63, 3.8) is 0 Å². The van der Waals surface area contributed by atoms with Crippen LogP contribution in [0.15, 0.2) is 48.0 Å². The Kier molecular flexibility index (Phi) is 7.81. The van der Waals surface area contributed by atoms with Crippen molar-refractivity contribution in [3.05, 3.63) is 70.6 Å². The third kappa shape index (κ3) is 5.76. The van der Waals surface area contributed by atoms with Gasteiger partial charge in [0, 0.05) is 36.3 Å². The second-order valence-electron chi connectivity index (χ2n) is 13.1. The molecule has 3 amide bonds. The number of fused-ring (bicyclic) bond motifs is 4. The van der Waals surface area contributed by atoms with Crippen molar-refractivity contribution < 1.29 is 41.4 Å².